The van der Waals surface area contributed by atoms with Crippen LogP contribution in [0.15, 0.2) is 23.7 Å². The molecular formula is C10H11ClN2S. The summed E-state index contributed by atoms with van der Waals surface area (Å²) in [6.07, 6.45) is 2.02. The molecule has 4 heteroatoms. The maximum absolute atomic E-state index is 5.87. The second-order valence-corrected chi connectivity index (χ2v) is 4.18. The Hall–Kier alpha value is -0.800. The first-order valence-electron chi connectivity index (χ1n) is 4.51. The SMILES string of the molecule is CCn1cc(CCl)c(-c2cccs2)n1. The molecule has 0 amide bonds. The van der Waals surface area contributed by atoms with Crippen molar-refractivity contribution < 1.29 is 0 Å². The molecule has 0 aliphatic rings. The molecule has 0 radical (unpaired) electrons. The Morgan fingerprint density at radius 3 is 3.00 bits per heavy atom. The van der Waals surface area contributed by atoms with E-state index in [-0.39, 0.29) is 0 Å². The largest absolute Gasteiger partial charge is 0.272 e. The first kappa shape index (κ1) is 9.74. The predicted octanol–water partition coefficient (Wildman–Crippen LogP) is 3.37. The number of alkyl halides is 1. The Bertz CT molecular complexity index is 406. The van der Waals surface area contributed by atoms with Crippen LogP contribution < -0.4 is 0 Å². The average molecular weight is 227 g/mol. The van der Waals surface area contributed by atoms with E-state index in [9.17, 15) is 0 Å². The topological polar surface area (TPSA) is 17.8 Å². The maximum Gasteiger partial charge on any atom is 0.107 e. The highest BCUT2D eigenvalue weighted by Crippen LogP contribution is 2.27. The summed E-state index contributed by atoms with van der Waals surface area (Å²) in [6, 6.07) is 4.10. The van der Waals surface area contributed by atoms with E-state index in [1.807, 2.05) is 16.9 Å². The highest BCUT2D eigenvalue weighted by Gasteiger charge is 2.10. The van der Waals surface area contributed by atoms with Crippen LogP contribution in [0.5, 0.6) is 0 Å². The van der Waals surface area contributed by atoms with Crippen LogP contribution in [0.25, 0.3) is 10.6 Å². The van der Waals surface area contributed by atoms with Crippen LogP contribution in [0.1, 0.15) is 12.5 Å². The minimum Gasteiger partial charge on any atom is -0.272 e. The molecule has 0 fully saturated rings. The molecule has 0 N–H and O–H groups in total. The number of hydrogen-bond acceptors (Lipinski definition) is 2. The zero-order chi connectivity index (χ0) is 9.97. The number of halogens is 1. The molecule has 0 aromatic carbocycles. The number of thiophene rings is 1. The number of nitrogens with zero attached hydrogens (tertiary/aromatic N) is 2. The molecule has 0 aliphatic carbocycles. The monoisotopic (exact) mass is 226 g/mol. The lowest BCUT2D eigenvalue weighted by atomic mass is 10.2. The summed E-state index contributed by atoms with van der Waals surface area (Å²) >= 11 is 7.57. The Morgan fingerprint density at radius 1 is 1.57 bits per heavy atom. The molecular weight excluding hydrogens is 216 g/mol. The number of rotatable bonds is 3. The average Bonchev–Trinajstić information content (AvgIpc) is 2.85. The predicted molar refractivity (Wildman–Crippen MR) is 60.8 cm³/mol. The molecule has 14 heavy (non-hydrogen) atoms. The molecule has 0 spiro atoms. The fourth-order valence-electron chi connectivity index (χ4n) is 1.34. The Labute approximate surface area is 92.1 Å². The summed E-state index contributed by atoms with van der Waals surface area (Å²) in [5.74, 6) is 0.521. The van der Waals surface area contributed by atoms with Crippen molar-refractivity contribution in [2.75, 3.05) is 0 Å². The van der Waals surface area contributed by atoms with Crippen LogP contribution >= 0.6 is 22.9 Å². The standard InChI is InChI=1S/C10H11ClN2S/c1-2-13-7-8(6-11)10(12-13)9-4-3-5-14-9/h3-5,7H,2,6H2,1H3. The minimum absolute atomic E-state index is 0.521. The minimum atomic E-state index is 0.521. The molecule has 0 saturated carbocycles. The lowest BCUT2D eigenvalue weighted by Crippen LogP contribution is -1.93. The van der Waals surface area contributed by atoms with Gasteiger partial charge in [0.15, 0.2) is 0 Å². The summed E-state index contributed by atoms with van der Waals surface area (Å²) in [7, 11) is 0. The molecule has 0 unspecified atom stereocenters. The summed E-state index contributed by atoms with van der Waals surface area (Å²) in [5.41, 5.74) is 2.13. The molecule has 0 saturated heterocycles. The summed E-state index contributed by atoms with van der Waals surface area (Å²) < 4.78 is 1.92. The van der Waals surface area contributed by atoms with Crippen molar-refractivity contribution >= 4 is 22.9 Å². The van der Waals surface area contributed by atoms with E-state index < -0.39 is 0 Å². The number of hydrogen-bond donors (Lipinski definition) is 0. The molecule has 74 valence electrons. The molecule has 2 heterocycles. The maximum atomic E-state index is 5.87. The van der Waals surface area contributed by atoms with E-state index in [2.05, 4.69) is 23.5 Å². The van der Waals surface area contributed by atoms with Gasteiger partial charge in [0, 0.05) is 18.3 Å². The van der Waals surface area contributed by atoms with Gasteiger partial charge in [-0.05, 0) is 18.4 Å². The van der Waals surface area contributed by atoms with E-state index in [4.69, 9.17) is 11.6 Å². The Balaban J connectivity index is 2.46. The molecule has 2 aromatic heterocycles. The summed E-state index contributed by atoms with van der Waals surface area (Å²) in [6.45, 7) is 2.96. The van der Waals surface area contributed by atoms with Gasteiger partial charge in [-0.15, -0.1) is 22.9 Å². The first-order chi connectivity index (χ1) is 6.85. The van der Waals surface area contributed by atoms with Gasteiger partial charge in [0.1, 0.15) is 5.69 Å². The van der Waals surface area contributed by atoms with Crippen molar-refractivity contribution in [2.45, 2.75) is 19.3 Å². The highest BCUT2D eigenvalue weighted by molar-refractivity contribution is 7.13. The zero-order valence-corrected chi connectivity index (χ0v) is 9.48. The second-order valence-electron chi connectivity index (χ2n) is 2.97. The van der Waals surface area contributed by atoms with Gasteiger partial charge in [-0.25, -0.2) is 0 Å². The van der Waals surface area contributed by atoms with E-state index in [1.54, 1.807) is 11.3 Å². The normalized spacial score (nSPS) is 10.7. The van der Waals surface area contributed by atoms with Gasteiger partial charge < -0.3 is 0 Å². The lowest BCUT2D eigenvalue weighted by Gasteiger charge is -1.93. The van der Waals surface area contributed by atoms with Crippen LogP contribution in [0.4, 0.5) is 0 Å². The summed E-state index contributed by atoms with van der Waals surface area (Å²) in [4.78, 5) is 1.19. The van der Waals surface area contributed by atoms with E-state index in [0.29, 0.717) is 5.88 Å². The fraction of sp³-hybridized carbons (Fsp3) is 0.300. The van der Waals surface area contributed by atoms with Crippen molar-refractivity contribution in [2.24, 2.45) is 0 Å². The molecule has 2 nitrogen and oxygen atoms in total. The van der Waals surface area contributed by atoms with Gasteiger partial charge in [0.25, 0.3) is 0 Å². The third-order valence-corrected chi connectivity index (χ3v) is 3.22. The van der Waals surface area contributed by atoms with Crippen molar-refractivity contribution in [1.29, 1.82) is 0 Å². The van der Waals surface area contributed by atoms with Crippen LogP contribution in [0.2, 0.25) is 0 Å². The van der Waals surface area contributed by atoms with Gasteiger partial charge in [0.05, 0.1) is 10.8 Å². The van der Waals surface area contributed by atoms with Crippen LogP contribution in [-0.2, 0) is 12.4 Å². The van der Waals surface area contributed by atoms with Crippen molar-refractivity contribution in [3.63, 3.8) is 0 Å². The van der Waals surface area contributed by atoms with Crippen LogP contribution in [0.3, 0.4) is 0 Å². The number of aryl methyl sites for hydroxylation is 1. The summed E-state index contributed by atoms with van der Waals surface area (Å²) in [5, 5.41) is 6.54. The van der Waals surface area contributed by atoms with Gasteiger partial charge >= 0.3 is 0 Å². The molecule has 2 rings (SSSR count). The molecule has 2 aromatic rings. The molecule has 0 atom stereocenters. The molecule has 0 aliphatic heterocycles. The van der Waals surface area contributed by atoms with Gasteiger partial charge in [-0.2, -0.15) is 5.10 Å². The number of aromatic nitrogens is 2. The third-order valence-electron chi connectivity index (χ3n) is 2.06. The smallest absolute Gasteiger partial charge is 0.107 e. The Morgan fingerprint density at radius 2 is 2.43 bits per heavy atom. The lowest BCUT2D eigenvalue weighted by molar-refractivity contribution is 0.662. The van der Waals surface area contributed by atoms with Crippen LogP contribution in [-0.4, -0.2) is 9.78 Å². The quantitative estimate of drug-likeness (QED) is 0.734. The Kier molecular flexibility index (Phi) is 2.89. The van der Waals surface area contributed by atoms with Crippen molar-refractivity contribution in [1.82, 2.24) is 9.78 Å². The first-order valence-corrected chi connectivity index (χ1v) is 5.92. The highest BCUT2D eigenvalue weighted by atomic mass is 35.5. The van der Waals surface area contributed by atoms with Gasteiger partial charge in [0.2, 0.25) is 0 Å². The second kappa shape index (κ2) is 4.15. The van der Waals surface area contributed by atoms with E-state index >= 15 is 0 Å². The van der Waals surface area contributed by atoms with E-state index in [0.717, 1.165) is 17.8 Å². The fourth-order valence-corrected chi connectivity index (χ4v) is 2.28. The zero-order valence-electron chi connectivity index (χ0n) is 7.90. The van der Waals surface area contributed by atoms with Gasteiger partial charge in [-0.3, -0.25) is 4.68 Å². The van der Waals surface area contributed by atoms with E-state index in [1.165, 1.54) is 4.88 Å². The van der Waals surface area contributed by atoms with Gasteiger partial charge in [-0.1, -0.05) is 6.07 Å². The van der Waals surface area contributed by atoms with Crippen LogP contribution in [0, 0.1) is 0 Å². The van der Waals surface area contributed by atoms with Crippen molar-refractivity contribution in [3.8, 4) is 10.6 Å². The third kappa shape index (κ3) is 1.70. The van der Waals surface area contributed by atoms with Crippen molar-refractivity contribution in [3.05, 3.63) is 29.3 Å². The molecule has 0 bridgehead atoms.